The molecule has 3 nitrogen and oxygen atoms in total. The molecule has 0 unspecified atom stereocenters. The molecular formula is C11H10ClNO2. The molecule has 0 atom stereocenters. The molecule has 1 aromatic carbocycles. The largest absolute Gasteiger partial charge is 0.391 e. The molecule has 0 aliphatic carbocycles. The summed E-state index contributed by atoms with van der Waals surface area (Å²) in [7, 11) is 0. The van der Waals surface area contributed by atoms with Gasteiger partial charge in [-0.15, -0.1) is 0 Å². The number of nitrogens with zero attached hydrogens (tertiary/aromatic N) is 1. The van der Waals surface area contributed by atoms with Crippen LogP contribution in [0.4, 0.5) is 0 Å². The summed E-state index contributed by atoms with van der Waals surface area (Å²) in [4.78, 5) is 0. The lowest BCUT2D eigenvalue weighted by atomic mass is 10.0. The molecule has 0 radical (unpaired) electrons. The Morgan fingerprint density at radius 1 is 1.40 bits per heavy atom. The van der Waals surface area contributed by atoms with Crippen molar-refractivity contribution in [1.82, 2.24) is 5.16 Å². The van der Waals surface area contributed by atoms with Gasteiger partial charge in [-0.2, -0.15) is 0 Å². The quantitative estimate of drug-likeness (QED) is 0.852. The first-order valence-electron chi connectivity index (χ1n) is 4.55. The van der Waals surface area contributed by atoms with Gasteiger partial charge in [0.1, 0.15) is 5.69 Å². The van der Waals surface area contributed by atoms with E-state index in [1.807, 2.05) is 31.2 Å². The Morgan fingerprint density at radius 3 is 2.80 bits per heavy atom. The van der Waals surface area contributed by atoms with Crippen LogP contribution in [0.3, 0.4) is 0 Å². The average Bonchev–Trinajstić information content (AvgIpc) is 2.60. The van der Waals surface area contributed by atoms with E-state index in [-0.39, 0.29) is 11.8 Å². The molecule has 2 rings (SSSR count). The van der Waals surface area contributed by atoms with Crippen molar-refractivity contribution in [3.8, 4) is 11.3 Å². The number of hydrogen-bond donors (Lipinski definition) is 1. The maximum absolute atomic E-state index is 9.16. The molecule has 0 saturated carbocycles. The molecule has 2 aromatic rings. The van der Waals surface area contributed by atoms with Gasteiger partial charge in [0.15, 0.2) is 0 Å². The molecular weight excluding hydrogens is 214 g/mol. The van der Waals surface area contributed by atoms with Crippen molar-refractivity contribution in [3.05, 3.63) is 40.6 Å². The zero-order valence-electron chi connectivity index (χ0n) is 8.20. The van der Waals surface area contributed by atoms with Crippen molar-refractivity contribution in [2.75, 3.05) is 0 Å². The first kappa shape index (κ1) is 10.2. The summed E-state index contributed by atoms with van der Waals surface area (Å²) >= 11 is 5.76. The third-order valence-corrected chi connectivity index (χ3v) is 2.60. The highest BCUT2D eigenvalue weighted by atomic mass is 35.5. The van der Waals surface area contributed by atoms with Gasteiger partial charge in [-0.25, -0.2) is 0 Å². The lowest BCUT2D eigenvalue weighted by molar-refractivity contribution is 0.281. The van der Waals surface area contributed by atoms with Gasteiger partial charge in [0.05, 0.1) is 12.2 Å². The van der Waals surface area contributed by atoms with Gasteiger partial charge in [-0.05, 0) is 24.1 Å². The van der Waals surface area contributed by atoms with Crippen LogP contribution in [0.15, 0.2) is 28.8 Å². The summed E-state index contributed by atoms with van der Waals surface area (Å²) in [6.07, 6.45) is 0. The summed E-state index contributed by atoms with van der Waals surface area (Å²) in [6, 6.07) is 7.74. The van der Waals surface area contributed by atoms with E-state index in [4.69, 9.17) is 21.2 Å². The number of aliphatic hydroxyl groups excluding tert-OH is 1. The smallest absolute Gasteiger partial charge is 0.232 e. The summed E-state index contributed by atoms with van der Waals surface area (Å²) in [5.41, 5.74) is 3.14. The van der Waals surface area contributed by atoms with E-state index in [1.165, 1.54) is 0 Å². The van der Waals surface area contributed by atoms with Crippen molar-refractivity contribution in [1.29, 1.82) is 0 Å². The number of aromatic nitrogens is 1. The highest BCUT2D eigenvalue weighted by Crippen LogP contribution is 2.30. The second kappa shape index (κ2) is 4.04. The van der Waals surface area contributed by atoms with Gasteiger partial charge < -0.3 is 9.63 Å². The lowest BCUT2D eigenvalue weighted by Crippen LogP contribution is -1.89. The van der Waals surface area contributed by atoms with Crippen LogP contribution < -0.4 is 0 Å². The number of benzene rings is 1. The Labute approximate surface area is 92.3 Å². The van der Waals surface area contributed by atoms with Crippen molar-refractivity contribution < 1.29 is 9.63 Å². The summed E-state index contributed by atoms with van der Waals surface area (Å²) in [5, 5.41) is 13.2. The molecule has 0 saturated heterocycles. The summed E-state index contributed by atoms with van der Waals surface area (Å²) in [5.74, 6) is 0. The molecule has 0 aliphatic rings. The van der Waals surface area contributed by atoms with Crippen LogP contribution in [0.25, 0.3) is 11.3 Å². The highest BCUT2D eigenvalue weighted by Gasteiger charge is 2.16. The standard InChI is InChI=1S/C11H10ClNO2/c1-7-4-2-3-5-8(7)10-9(6-14)11(12)15-13-10/h2-5,14H,6H2,1H3. The van der Waals surface area contributed by atoms with E-state index in [2.05, 4.69) is 5.16 Å². The normalized spacial score (nSPS) is 10.6. The molecule has 1 aromatic heterocycles. The minimum absolute atomic E-state index is 0.149. The summed E-state index contributed by atoms with van der Waals surface area (Å²) < 4.78 is 4.85. The number of hydrogen-bond acceptors (Lipinski definition) is 3. The van der Waals surface area contributed by atoms with Gasteiger partial charge in [0.2, 0.25) is 5.22 Å². The molecule has 4 heteroatoms. The van der Waals surface area contributed by atoms with Gasteiger partial charge in [-0.3, -0.25) is 0 Å². The van der Waals surface area contributed by atoms with Crippen molar-refractivity contribution in [3.63, 3.8) is 0 Å². The topological polar surface area (TPSA) is 46.3 Å². The number of halogens is 1. The maximum atomic E-state index is 9.16. The third-order valence-electron chi connectivity index (χ3n) is 2.30. The Morgan fingerprint density at radius 2 is 2.13 bits per heavy atom. The number of aryl methyl sites for hydroxylation is 1. The number of rotatable bonds is 2. The molecule has 1 heterocycles. The van der Waals surface area contributed by atoms with Crippen molar-refractivity contribution in [2.24, 2.45) is 0 Å². The second-order valence-corrected chi connectivity index (χ2v) is 3.60. The molecule has 0 bridgehead atoms. The fourth-order valence-electron chi connectivity index (χ4n) is 1.48. The SMILES string of the molecule is Cc1ccccc1-c1noc(Cl)c1CO. The molecule has 0 aliphatic heterocycles. The minimum atomic E-state index is -0.175. The van der Waals surface area contributed by atoms with E-state index in [0.29, 0.717) is 11.3 Å². The molecule has 78 valence electrons. The first-order chi connectivity index (χ1) is 7.24. The van der Waals surface area contributed by atoms with E-state index in [1.54, 1.807) is 0 Å². The molecule has 1 N–H and O–H groups in total. The monoisotopic (exact) mass is 223 g/mol. The lowest BCUT2D eigenvalue weighted by Gasteiger charge is -2.02. The zero-order valence-corrected chi connectivity index (χ0v) is 8.95. The average molecular weight is 224 g/mol. The van der Waals surface area contributed by atoms with Crippen LogP contribution >= 0.6 is 11.6 Å². The predicted molar refractivity (Wildman–Crippen MR) is 57.6 cm³/mol. The Bertz CT molecular complexity index is 479. The van der Waals surface area contributed by atoms with E-state index >= 15 is 0 Å². The van der Waals surface area contributed by atoms with Gasteiger partial charge in [0.25, 0.3) is 0 Å². The van der Waals surface area contributed by atoms with E-state index in [0.717, 1.165) is 11.1 Å². The van der Waals surface area contributed by atoms with Crippen molar-refractivity contribution >= 4 is 11.6 Å². The Hall–Kier alpha value is -1.32. The molecule has 0 amide bonds. The van der Waals surface area contributed by atoms with Crippen LogP contribution in [0.1, 0.15) is 11.1 Å². The number of aliphatic hydroxyl groups is 1. The fourth-order valence-corrected chi connectivity index (χ4v) is 1.66. The third kappa shape index (κ3) is 1.76. The first-order valence-corrected chi connectivity index (χ1v) is 4.92. The zero-order chi connectivity index (χ0) is 10.8. The predicted octanol–water partition coefficient (Wildman–Crippen LogP) is 2.80. The Balaban J connectivity index is 2.59. The van der Waals surface area contributed by atoms with Gasteiger partial charge in [-0.1, -0.05) is 29.4 Å². The fraction of sp³-hybridized carbons (Fsp3) is 0.182. The summed E-state index contributed by atoms with van der Waals surface area (Å²) in [6.45, 7) is 1.80. The van der Waals surface area contributed by atoms with E-state index < -0.39 is 0 Å². The van der Waals surface area contributed by atoms with Gasteiger partial charge >= 0.3 is 0 Å². The van der Waals surface area contributed by atoms with Crippen molar-refractivity contribution in [2.45, 2.75) is 13.5 Å². The maximum Gasteiger partial charge on any atom is 0.232 e. The van der Waals surface area contributed by atoms with Gasteiger partial charge in [0, 0.05) is 5.56 Å². The van der Waals surface area contributed by atoms with Crippen LogP contribution in [0.5, 0.6) is 0 Å². The van der Waals surface area contributed by atoms with Crippen LogP contribution in [0.2, 0.25) is 5.22 Å². The minimum Gasteiger partial charge on any atom is -0.391 e. The van der Waals surface area contributed by atoms with Crippen LogP contribution in [-0.4, -0.2) is 10.3 Å². The highest BCUT2D eigenvalue weighted by molar-refractivity contribution is 6.29. The van der Waals surface area contributed by atoms with E-state index in [9.17, 15) is 0 Å². The molecule has 15 heavy (non-hydrogen) atoms. The molecule has 0 spiro atoms. The van der Waals surface area contributed by atoms with Crippen LogP contribution in [-0.2, 0) is 6.61 Å². The Kier molecular flexibility index (Phi) is 2.75. The van der Waals surface area contributed by atoms with Crippen LogP contribution in [0, 0.1) is 6.92 Å². The molecule has 0 fully saturated rings. The second-order valence-electron chi connectivity index (χ2n) is 3.26.